The Morgan fingerprint density at radius 2 is 1.93 bits per heavy atom. The largest absolute Gasteiger partial charge is 0.389 e. The minimum absolute atomic E-state index is 0.339. The molecule has 0 aliphatic rings. The lowest BCUT2D eigenvalue weighted by Gasteiger charge is -2.25. The van der Waals surface area contributed by atoms with E-state index in [1.165, 1.54) is 6.07 Å². The zero-order valence-corrected chi connectivity index (χ0v) is 9.50. The van der Waals surface area contributed by atoms with Crippen LogP contribution in [0.4, 0.5) is 10.1 Å². The van der Waals surface area contributed by atoms with Gasteiger partial charge in [-0.3, -0.25) is 0 Å². The summed E-state index contributed by atoms with van der Waals surface area (Å²) in [5, 5.41) is 9.56. The summed E-state index contributed by atoms with van der Waals surface area (Å²) in [6.07, 6.45) is -0.776. The van der Waals surface area contributed by atoms with Crippen molar-refractivity contribution in [2.24, 2.45) is 0 Å². The van der Waals surface area contributed by atoms with Crippen LogP contribution in [0.5, 0.6) is 0 Å². The van der Waals surface area contributed by atoms with Gasteiger partial charge in [0.1, 0.15) is 5.82 Å². The van der Waals surface area contributed by atoms with E-state index in [1.54, 1.807) is 13.0 Å². The van der Waals surface area contributed by atoms with Crippen molar-refractivity contribution < 1.29 is 9.50 Å². The average molecular weight is 211 g/mol. The first-order valence-corrected chi connectivity index (χ1v) is 5.33. The van der Waals surface area contributed by atoms with Crippen molar-refractivity contribution >= 4 is 5.69 Å². The van der Waals surface area contributed by atoms with Crippen LogP contribution in [0.3, 0.4) is 0 Å². The maximum absolute atomic E-state index is 13.5. The number of nitrogens with zero attached hydrogens (tertiary/aromatic N) is 1. The van der Waals surface area contributed by atoms with Crippen molar-refractivity contribution in [1.82, 2.24) is 0 Å². The highest BCUT2D eigenvalue weighted by molar-refractivity contribution is 5.55. The van der Waals surface area contributed by atoms with Crippen molar-refractivity contribution in [3.8, 4) is 0 Å². The average Bonchev–Trinajstić information content (AvgIpc) is 2.19. The lowest BCUT2D eigenvalue weighted by atomic mass is 10.1. The molecule has 0 heterocycles. The third-order valence-corrected chi connectivity index (χ3v) is 2.55. The molecule has 1 rings (SSSR count). The standard InChI is InChI=1S/C12H18FNO/c1-4-14(5-2)11-8-6-7-10(13)12(11)9(3)15/h6-9,15H,4-5H2,1-3H3/t9-/m0/s1. The van der Waals surface area contributed by atoms with E-state index in [-0.39, 0.29) is 5.82 Å². The fraction of sp³-hybridized carbons (Fsp3) is 0.500. The van der Waals surface area contributed by atoms with Gasteiger partial charge in [0.05, 0.1) is 6.10 Å². The molecule has 1 atom stereocenters. The molecular formula is C12H18FNO. The van der Waals surface area contributed by atoms with Gasteiger partial charge < -0.3 is 10.0 Å². The predicted octanol–water partition coefficient (Wildman–Crippen LogP) is 2.73. The van der Waals surface area contributed by atoms with Crippen molar-refractivity contribution in [3.05, 3.63) is 29.6 Å². The number of halogens is 1. The number of anilines is 1. The molecule has 1 N–H and O–H groups in total. The Kier molecular flexibility index (Phi) is 4.09. The second-order valence-electron chi connectivity index (χ2n) is 3.52. The molecule has 84 valence electrons. The fourth-order valence-electron chi connectivity index (χ4n) is 1.78. The van der Waals surface area contributed by atoms with E-state index in [9.17, 15) is 9.50 Å². The van der Waals surface area contributed by atoms with Crippen LogP contribution in [-0.4, -0.2) is 18.2 Å². The first-order chi connectivity index (χ1) is 7.11. The Bertz CT molecular complexity index is 321. The van der Waals surface area contributed by atoms with Crippen LogP contribution < -0.4 is 4.90 Å². The van der Waals surface area contributed by atoms with E-state index < -0.39 is 6.10 Å². The van der Waals surface area contributed by atoms with Gasteiger partial charge in [0.15, 0.2) is 0 Å². The highest BCUT2D eigenvalue weighted by atomic mass is 19.1. The maximum atomic E-state index is 13.5. The Hall–Kier alpha value is -1.09. The molecule has 0 amide bonds. The van der Waals surface area contributed by atoms with E-state index in [2.05, 4.69) is 0 Å². The zero-order chi connectivity index (χ0) is 11.4. The van der Waals surface area contributed by atoms with Gasteiger partial charge in [-0.1, -0.05) is 6.07 Å². The first kappa shape index (κ1) is 12.0. The summed E-state index contributed by atoms with van der Waals surface area (Å²) in [6.45, 7) is 7.23. The normalized spacial score (nSPS) is 12.6. The molecular weight excluding hydrogens is 193 g/mol. The highest BCUT2D eigenvalue weighted by Gasteiger charge is 2.16. The van der Waals surface area contributed by atoms with Gasteiger partial charge in [0, 0.05) is 24.3 Å². The molecule has 3 heteroatoms. The molecule has 15 heavy (non-hydrogen) atoms. The van der Waals surface area contributed by atoms with Crippen LogP contribution >= 0.6 is 0 Å². The molecule has 2 nitrogen and oxygen atoms in total. The predicted molar refractivity (Wildman–Crippen MR) is 60.6 cm³/mol. The van der Waals surface area contributed by atoms with Crippen molar-refractivity contribution in [2.45, 2.75) is 26.9 Å². The molecule has 0 radical (unpaired) electrons. The molecule has 0 unspecified atom stereocenters. The second-order valence-corrected chi connectivity index (χ2v) is 3.52. The molecule has 0 spiro atoms. The first-order valence-electron chi connectivity index (χ1n) is 5.33. The third-order valence-electron chi connectivity index (χ3n) is 2.55. The Labute approximate surface area is 90.3 Å². The Morgan fingerprint density at radius 3 is 2.40 bits per heavy atom. The van der Waals surface area contributed by atoms with Crippen LogP contribution in [0.25, 0.3) is 0 Å². The molecule has 0 aliphatic heterocycles. The molecule has 0 aromatic heterocycles. The number of hydrogen-bond acceptors (Lipinski definition) is 2. The van der Waals surface area contributed by atoms with Crippen molar-refractivity contribution in [3.63, 3.8) is 0 Å². The summed E-state index contributed by atoms with van der Waals surface area (Å²) in [6, 6.07) is 4.90. The second kappa shape index (κ2) is 5.12. The monoisotopic (exact) mass is 211 g/mol. The highest BCUT2D eigenvalue weighted by Crippen LogP contribution is 2.28. The Balaban J connectivity index is 3.21. The van der Waals surface area contributed by atoms with E-state index in [0.29, 0.717) is 5.56 Å². The molecule has 0 bridgehead atoms. The van der Waals surface area contributed by atoms with Gasteiger partial charge in [-0.05, 0) is 32.9 Å². The molecule has 0 aliphatic carbocycles. The van der Waals surface area contributed by atoms with Crippen molar-refractivity contribution in [1.29, 1.82) is 0 Å². The van der Waals surface area contributed by atoms with E-state index in [1.807, 2.05) is 24.8 Å². The SMILES string of the molecule is CCN(CC)c1cccc(F)c1[C@H](C)O. The lowest BCUT2D eigenvalue weighted by Crippen LogP contribution is -2.24. The summed E-state index contributed by atoms with van der Waals surface area (Å²) < 4.78 is 13.5. The van der Waals surface area contributed by atoms with Gasteiger partial charge in [-0.25, -0.2) is 4.39 Å². The molecule has 1 aromatic rings. The minimum atomic E-state index is -0.776. The van der Waals surface area contributed by atoms with Gasteiger partial charge in [0.2, 0.25) is 0 Å². The smallest absolute Gasteiger partial charge is 0.131 e. The number of hydrogen-bond donors (Lipinski definition) is 1. The summed E-state index contributed by atoms with van der Waals surface area (Å²) >= 11 is 0. The Morgan fingerprint density at radius 1 is 1.33 bits per heavy atom. The van der Waals surface area contributed by atoms with Gasteiger partial charge in [-0.2, -0.15) is 0 Å². The van der Waals surface area contributed by atoms with E-state index in [4.69, 9.17) is 0 Å². The number of aliphatic hydroxyl groups is 1. The van der Waals surface area contributed by atoms with E-state index >= 15 is 0 Å². The molecule has 0 saturated carbocycles. The number of aliphatic hydroxyl groups excluding tert-OH is 1. The van der Waals surface area contributed by atoms with Gasteiger partial charge in [0.25, 0.3) is 0 Å². The molecule has 0 fully saturated rings. The van der Waals surface area contributed by atoms with Crippen LogP contribution in [0, 0.1) is 5.82 Å². The molecule has 0 saturated heterocycles. The van der Waals surface area contributed by atoms with Crippen LogP contribution in [0.2, 0.25) is 0 Å². The summed E-state index contributed by atoms with van der Waals surface area (Å²) in [4.78, 5) is 2.03. The van der Waals surface area contributed by atoms with Crippen LogP contribution in [0.15, 0.2) is 18.2 Å². The fourth-order valence-corrected chi connectivity index (χ4v) is 1.78. The topological polar surface area (TPSA) is 23.5 Å². The quantitative estimate of drug-likeness (QED) is 0.827. The summed E-state index contributed by atoms with van der Waals surface area (Å²) in [5.74, 6) is -0.339. The molecule has 1 aromatic carbocycles. The number of rotatable bonds is 4. The van der Waals surface area contributed by atoms with Gasteiger partial charge in [-0.15, -0.1) is 0 Å². The van der Waals surface area contributed by atoms with E-state index in [0.717, 1.165) is 18.8 Å². The van der Waals surface area contributed by atoms with Crippen molar-refractivity contribution in [2.75, 3.05) is 18.0 Å². The van der Waals surface area contributed by atoms with Crippen LogP contribution in [-0.2, 0) is 0 Å². The zero-order valence-electron chi connectivity index (χ0n) is 9.50. The maximum Gasteiger partial charge on any atom is 0.131 e. The third kappa shape index (κ3) is 2.48. The summed E-state index contributed by atoms with van der Waals surface area (Å²) in [7, 11) is 0. The number of benzene rings is 1. The summed E-state index contributed by atoms with van der Waals surface area (Å²) in [5.41, 5.74) is 1.18. The minimum Gasteiger partial charge on any atom is -0.389 e. The lowest BCUT2D eigenvalue weighted by molar-refractivity contribution is 0.194. The van der Waals surface area contributed by atoms with Gasteiger partial charge >= 0.3 is 0 Å². The van der Waals surface area contributed by atoms with Crippen LogP contribution in [0.1, 0.15) is 32.4 Å².